The number of nitrogens with zero attached hydrogens (tertiary/aromatic N) is 3. The van der Waals surface area contributed by atoms with E-state index in [-0.39, 0.29) is 15.9 Å². The van der Waals surface area contributed by atoms with Crippen molar-refractivity contribution in [3.05, 3.63) is 38.5 Å². The van der Waals surface area contributed by atoms with E-state index in [0.29, 0.717) is 5.69 Å². The van der Waals surface area contributed by atoms with Crippen LogP contribution >= 0.6 is 11.8 Å². The first-order valence-electron chi connectivity index (χ1n) is 5.62. The molecule has 2 rings (SSSR count). The average molecular weight is 309 g/mol. The van der Waals surface area contributed by atoms with Crippen molar-refractivity contribution in [3.63, 3.8) is 0 Å². The molecule has 10 heteroatoms. The van der Waals surface area contributed by atoms with Crippen molar-refractivity contribution in [3.8, 4) is 0 Å². The number of ether oxygens (including phenoxy) is 1. The Morgan fingerprint density at radius 1 is 1.38 bits per heavy atom. The fourth-order valence-electron chi connectivity index (χ4n) is 1.39. The summed E-state index contributed by atoms with van der Waals surface area (Å²) in [5.74, 6) is -0.611. The zero-order valence-corrected chi connectivity index (χ0v) is 11.9. The van der Waals surface area contributed by atoms with Gasteiger partial charge in [-0.1, -0.05) is 0 Å². The summed E-state index contributed by atoms with van der Waals surface area (Å²) in [6, 6.07) is 2.91. The van der Waals surface area contributed by atoms with Crippen molar-refractivity contribution < 1.29 is 9.53 Å². The minimum Gasteiger partial charge on any atom is -0.464 e. The number of H-pyrrole nitrogens is 1. The minimum atomic E-state index is -0.918. The number of nitrogens with one attached hydrogen (secondary N) is 1. The molecule has 110 valence electrons. The summed E-state index contributed by atoms with van der Waals surface area (Å²) in [4.78, 5) is 41.5. The quantitative estimate of drug-likeness (QED) is 0.566. The molecule has 0 atom stereocenters. The lowest BCUT2D eigenvalue weighted by Crippen LogP contribution is -2.33. The molecule has 0 amide bonds. The van der Waals surface area contributed by atoms with Gasteiger partial charge in [-0.2, -0.15) is 4.98 Å². The minimum absolute atomic E-state index is 0.0728. The fraction of sp³-hybridized carbons (Fsp3) is 0.182. The fourth-order valence-corrected chi connectivity index (χ4v) is 2.20. The Bertz CT molecular complexity index is 813. The van der Waals surface area contributed by atoms with E-state index >= 15 is 0 Å². The first-order valence-corrected chi connectivity index (χ1v) is 6.44. The van der Waals surface area contributed by atoms with Crippen LogP contribution in [0.2, 0.25) is 0 Å². The van der Waals surface area contributed by atoms with Crippen LogP contribution in [0.3, 0.4) is 0 Å². The van der Waals surface area contributed by atoms with Crippen LogP contribution in [0.25, 0.3) is 0 Å². The summed E-state index contributed by atoms with van der Waals surface area (Å²) >= 11 is 0.944. The van der Waals surface area contributed by atoms with Crippen LogP contribution in [0, 0.1) is 0 Å². The van der Waals surface area contributed by atoms with Gasteiger partial charge in [0.2, 0.25) is 0 Å². The summed E-state index contributed by atoms with van der Waals surface area (Å²) < 4.78 is 5.83. The molecule has 2 aromatic rings. The molecule has 0 radical (unpaired) electrons. The number of aryl methyl sites for hydroxylation is 1. The maximum atomic E-state index is 11.4. The van der Waals surface area contributed by atoms with Crippen molar-refractivity contribution in [1.82, 2.24) is 19.7 Å². The summed E-state index contributed by atoms with van der Waals surface area (Å²) in [6.07, 6.45) is 0. The Morgan fingerprint density at radius 3 is 2.76 bits per heavy atom. The monoisotopic (exact) mass is 309 g/mol. The topological polar surface area (TPSA) is 133 Å². The van der Waals surface area contributed by atoms with Crippen molar-refractivity contribution in [2.75, 3.05) is 12.8 Å². The second-order valence-electron chi connectivity index (χ2n) is 3.88. The largest absolute Gasteiger partial charge is 0.464 e. The van der Waals surface area contributed by atoms with Crippen LogP contribution in [0.4, 0.5) is 5.69 Å². The number of carbonyl (C=O) groups is 1. The average Bonchev–Trinajstić information content (AvgIpc) is 2.46. The summed E-state index contributed by atoms with van der Waals surface area (Å²) in [5.41, 5.74) is 4.40. The zero-order valence-electron chi connectivity index (χ0n) is 11.1. The number of hydrogen-bond acceptors (Lipinski definition) is 8. The molecule has 2 heterocycles. The van der Waals surface area contributed by atoms with E-state index in [1.165, 1.54) is 31.0 Å². The predicted molar refractivity (Wildman–Crippen MR) is 74.2 cm³/mol. The van der Waals surface area contributed by atoms with Gasteiger partial charge in [0.25, 0.3) is 0 Å². The second kappa shape index (κ2) is 5.79. The molecule has 0 saturated heterocycles. The van der Waals surface area contributed by atoms with Gasteiger partial charge in [0.15, 0.2) is 5.16 Å². The first-order chi connectivity index (χ1) is 9.92. The van der Waals surface area contributed by atoms with Crippen LogP contribution < -0.4 is 16.9 Å². The molecule has 3 N–H and O–H groups in total. The molecule has 0 aliphatic carbocycles. The van der Waals surface area contributed by atoms with E-state index < -0.39 is 17.1 Å². The maximum absolute atomic E-state index is 11.4. The molecule has 2 aromatic heterocycles. The van der Waals surface area contributed by atoms with Gasteiger partial charge >= 0.3 is 17.1 Å². The number of aromatic nitrogens is 4. The smallest absolute Gasteiger partial charge is 0.356 e. The molecule has 0 aliphatic rings. The van der Waals surface area contributed by atoms with Crippen molar-refractivity contribution in [2.45, 2.75) is 10.2 Å². The first kappa shape index (κ1) is 14.8. The summed E-state index contributed by atoms with van der Waals surface area (Å²) in [5, 5.41) is 2.75. The number of esters is 1. The highest BCUT2D eigenvalue weighted by molar-refractivity contribution is 7.99. The van der Waals surface area contributed by atoms with Gasteiger partial charge in [0.05, 0.1) is 12.8 Å². The van der Waals surface area contributed by atoms with Gasteiger partial charge in [-0.25, -0.2) is 9.78 Å². The Kier molecular flexibility index (Phi) is 4.08. The third-order valence-corrected chi connectivity index (χ3v) is 3.49. The van der Waals surface area contributed by atoms with Gasteiger partial charge in [0.1, 0.15) is 10.7 Å². The molecule has 0 spiro atoms. The molecule has 0 aliphatic heterocycles. The number of carbonyl (C=O) groups excluding carboxylic acids is 1. The SMILES string of the molecule is COC(=O)c1ccc(N)c(Sc2nc(=O)c(=O)[nH]n2C)n1. The molecule has 0 bridgehead atoms. The Hall–Kier alpha value is -2.62. The molecule has 0 unspecified atom stereocenters. The molecule has 21 heavy (non-hydrogen) atoms. The van der Waals surface area contributed by atoms with Gasteiger partial charge in [-0.3, -0.25) is 19.4 Å². The lowest BCUT2D eigenvalue weighted by atomic mass is 10.3. The highest BCUT2D eigenvalue weighted by atomic mass is 32.2. The van der Waals surface area contributed by atoms with E-state index in [4.69, 9.17) is 5.73 Å². The lowest BCUT2D eigenvalue weighted by Gasteiger charge is -2.08. The van der Waals surface area contributed by atoms with Gasteiger partial charge in [0, 0.05) is 7.05 Å². The highest BCUT2D eigenvalue weighted by Gasteiger charge is 2.14. The van der Waals surface area contributed by atoms with Crippen LogP contribution in [-0.4, -0.2) is 32.8 Å². The predicted octanol–water partition coefficient (Wildman–Crippen LogP) is -0.616. The van der Waals surface area contributed by atoms with E-state index in [0.717, 1.165) is 11.8 Å². The number of rotatable bonds is 3. The number of pyridine rings is 1. The number of aromatic amines is 1. The van der Waals surface area contributed by atoms with Gasteiger partial charge in [-0.15, -0.1) is 0 Å². The van der Waals surface area contributed by atoms with Crippen LogP contribution in [0.15, 0.2) is 31.9 Å². The van der Waals surface area contributed by atoms with Gasteiger partial charge in [-0.05, 0) is 23.9 Å². The third kappa shape index (κ3) is 3.11. The number of anilines is 1. The normalized spacial score (nSPS) is 10.4. The molecule has 0 aromatic carbocycles. The second-order valence-corrected chi connectivity index (χ2v) is 4.84. The van der Waals surface area contributed by atoms with E-state index in [1.54, 1.807) is 0 Å². The van der Waals surface area contributed by atoms with Crippen LogP contribution in [-0.2, 0) is 11.8 Å². The van der Waals surface area contributed by atoms with E-state index in [9.17, 15) is 14.4 Å². The Balaban J connectivity index is 2.44. The molecule has 9 nitrogen and oxygen atoms in total. The van der Waals surface area contributed by atoms with Crippen molar-refractivity contribution >= 4 is 23.4 Å². The lowest BCUT2D eigenvalue weighted by molar-refractivity contribution is 0.0593. The summed E-state index contributed by atoms with van der Waals surface area (Å²) in [6.45, 7) is 0. The number of nitrogen functional groups attached to an aromatic ring is 1. The molecule has 0 saturated carbocycles. The number of methoxy groups -OCH3 is 1. The van der Waals surface area contributed by atoms with Crippen LogP contribution in [0.5, 0.6) is 0 Å². The van der Waals surface area contributed by atoms with Gasteiger partial charge < -0.3 is 10.5 Å². The van der Waals surface area contributed by atoms with E-state index in [2.05, 4.69) is 19.8 Å². The third-order valence-electron chi connectivity index (χ3n) is 2.42. The van der Waals surface area contributed by atoms with Crippen molar-refractivity contribution in [2.24, 2.45) is 7.05 Å². The Labute approximate surface area is 122 Å². The number of hydrogen-bond donors (Lipinski definition) is 2. The van der Waals surface area contributed by atoms with E-state index in [1.807, 2.05) is 0 Å². The van der Waals surface area contributed by atoms with Crippen molar-refractivity contribution in [1.29, 1.82) is 0 Å². The summed E-state index contributed by atoms with van der Waals surface area (Å²) in [7, 11) is 2.75. The zero-order chi connectivity index (χ0) is 15.6. The molecule has 0 fully saturated rings. The standard InChI is InChI=1S/C11H11N5O4S/c1-16-11(14-7(17)8(18)15-16)21-9-5(12)3-4-6(13-9)10(19)20-2/h3-4H,12H2,1-2H3,(H,15,18). The Morgan fingerprint density at radius 2 is 2.10 bits per heavy atom. The molecular formula is C11H11N5O4S. The number of nitrogens with two attached hydrogens (primary N) is 1. The highest BCUT2D eigenvalue weighted by Crippen LogP contribution is 2.27. The molecular weight excluding hydrogens is 298 g/mol. The van der Waals surface area contributed by atoms with Crippen LogP contribution in [0.1, 0.15) is 10.5 Å². The maximum Gasteiger partial charge on any atom is 0.356 e.